The van der Waals surface area contributed by atoms with Crippen LogP contribution in [0, 0.1) is 11.3 Å². The van der Waals surface area contributed by atoms with E-state index in [2.05, 4.69) is 26.1 Å². The Kier molecular flexibility index (Phi) is 5.41. The highest BCUT2D eigenvalue weighted by Crippen LogP contribution is 2.37. The van der Waals surface area contributed by atoms with Crippen molar-refractivity contribution in [2.24, 2.45) is 11.3 Å². The zero-order valence-corrected chi connectivity index (χ0v) is 17.7. The van der Waals surface area contributed by atoms with Crippen molar-refractivity contribution in [2.45, 2.75) is 33.2 Å². The molecule has 4 rings (SSSR count). The molecular weight excluding hydrogens is 380 g/mol. The molecule has 2 atom stereocenters. The van der Waals surface area contributed by atoms with Gasteiger partial charge in [-0.15, -0.1) is 0 Å². The van der Waals surface area contributed by atoms with Gasteiger partial charge in [-0.1, -0.05) is 51.1 Å². The molecule has 0 aromatic heterocycles. The maximum Gasteiger partial charge on any atom is 0.227 e. The third-order valence-corrected chi connectivity index (χ3v) is 5.62. The lowest BCUT2D eigenvalue weighted by Crippen LogP contribution is -2.40. The standard InChI is InChI=1S/C24H28N2O4/c1-24(2,3)22(16-7-5-4-6-8-16)25-23(28)17-13-21(27)26(15-17)18-9-10-19-20(14-18)30-12-11-29-19/h4-10,14,17,22H,11-13,15H2,1-3H3,(H,25,28). The second-order valence-corrected chi connectivity index (χ2v) is 8.95. The Hall–Kier alpha value is -3.02. The summed E-state index contributed by atoms with van der Waals surface area (Å²) in [6, 6.07) is 15.3. The Bertz CT molecular complexity index is 936. The molecule has 0 radical (unpaired) electrons. The monoisotopic (exact) mass is 408 g/mol. The third-order valence-electron chi connectivity index (χ3n) is 5.62. The average Bonchev–Trinajstić information content (AvgIpc) is 3.13. The molecule has 2 aromatic rings. The van der Waals surface area contributed by atoms with Crippen LogP contribution in [0.5, 0.6) is 11.5 Å². The van der Waals surface area contributed by atoms with E-state index in [0.717, 1.165) is 11.3 Å². The van der Waals surface area contributed by atoms with Crippen molar-refractivity contribution in [3.63, 3.8) is 0 Å². The Balaban J connectivity index is 1.49. The van der Waals surface area contributed by atoms with Crippen molar-refractivity contribution in [2.75, 3.05) is 24.7 Å². The number of carbonyl (C=O) groups is 2. The SMILES string of the molecule is CC(C)(C)C(NC(=O)C1CC(=O)N(c2ccc3c(c2)OCCO3)C1)c1ccccc1. The van der Waals surface area contributed by atoms with Crippen LogP contribution in [0.3, 0.4) is 0 Å². The molecule has 1 fully saturated rings. The van der Waals surface area contributed by atoms with Crippen LogP contribution in [0.25, 0.3) is 0 Å². The summed E-state index contributed by atoms with van der Waals surface area (Å²) in [5, 5.41) is 3.20. The lowest BCUT2D eigenvalue weighted by Gasteiger charge is -2.32. The predicted molar refractivity (Wildman–Crippen MR) is 115 cm³/mol. The molecule has 158 valence electrons. The summed E-state index contributed by atoms with van der Waals surface area (Å²) in [5.41, 5.74) is 1.64. The molecule has 6 heteroatoms. The fraction of sp³-hybridized carbons (Fsp3) is 0.417. The summed E-state index contributed by atoms with van der Waals surface area (Å²) in [6.07, 6.45) is 0.200. The van der Waals surface area contributed by atoms with Crippen molar-refractivity contribution >= 4 is 17.5 Å². The van der Waals surface area contributed by atoms with Gasteiger partial charge in [0.2, 0.25) is 11.8 Å². The van der Waals surface area contributed by atoms with E-state index < -0.39 is 0 Å². The summed E-state index contributed by atoms with van der Waals surface area (Å²) < 4.78 is 11.2. The third kappa shape index (κ3) is 4.13. The number of nitrogens with one attached hydrogen (secondary N) is 1. The van der Waals surface area contributed by atoms with Crippen LogP contribution in [-0.2, 0) is 9.59 Å². The molecule has 30 heavy (non-hydrogen) atoms. The number of ether oxygens (including phenoxy) is 2. The first-order chi connectivity index (χ1) is 14.3. The molecule has 1 saturated heterocycles. The lowest BCUT2D eigenvalue weighted by molar-refractivity contribution is -0.127. The molecule has 2 aliphatic heterocycles. The number of hydrogen-bond acceptors (Lipinski definition) is 4. The first-order valence-electron chi connectivity index (χ1n) is 10.4. The first kappa shape index (κ1) is 20.3. The number of amides is 2. The summed E-state index contributed by atoms with van der Waals surface area (Å²) in [5.74, 6) is 0.781. The second-order valence-electron chi connectivity index (χ2n) is 8.95. The predicted octanol–water partition coefficient (Wildman–Crippen LogP) is 3.71. The lowest BCUT2D eigenvalue weighted by atomic mass is 9.82. The van der Waals surface area contributed by atoms with Crippen LogP contribution in [-0.4, -0.2) is 31.6 Å². The number of carbonyl (C=O) groups excluding carboxylic acids is 2. The smallest absolute Gasteiger partial charge is 0.227 e. The minimum Gasteiger partial charge on any atom is -0.486 e. The molecule has 1 N–H and O–H groups in total. The van der Waals surface area contributed by atoms with Gasteiger partial charge in [-0.3, -0.25) is 9.59 Å². The molecule has 2 aromatic carbocycles. The fourth-order valence-electron chi connectivity index (χ4n) is 4.04. The van der Waals surface area contributed by atoms with Gasteiger partial charge >= 0.3 is 0 Å². The molecule has 2 amide bonds. The van der Waals surface area contributed by atoms with E-state index in [4.69, 9.17) is 9.47 Å². The number of benzene rings is 2. The van der Waals surface area contributed by atoms with Gasteiger partial charge < -0.3 is 19.7 Å². The van der Waals surface area contributed by atoms with E-state index >= 15 is 0 Å². The molecule has 0 aliphatic carbocycles. The van der Waals surface area contributed by atoms with Gasteiger partial charge in [-0.2, -0.15) is 0 Å². The number of rotatable bonds is 4. The Morgan fingerprint density at radius 1 is 1.07 bits per heavy atom. The minimum atomic E-state index is -0.390. The van der Waals surface area contributed by atoms with Gasteiger partial charge in [-0.05, 0) is 23.1 Å². The second kappa shape index (κ2) is 8.01. The number of nitrogens with zero attached hydrogens (tertiary/aromatic N) is 1. The van der Waals surface area contributed by atoms with Crippen LogP contribution in [0.4, 0.5) is 5.69 Å². The number of hydrogen-bond donors (Lipinski definition) is 1. The van der Waals surface area contributed by atoms with Crippen molar-refractivity contribution in [3.05, 3.63) is 54.1 Å². The van der Waals surface area contributed by atoms with Crippen molar-refractivity contribution in [1.29, 1.82) is 0 Å². The van der Waals surface area contributed by atoms with Crippen LogP contribution in [0.2, 0.25) is 0 Å². The highest BCUT2D eigenvalue weighted by molar-refractivity contribution is 6.00. The normalized spacial score (nSPS) is 19.5. The quantitative estimate of drug-likeness (QED) is 0.837. The maximum atomic E-state index is 13.1. The van der Waals surface area contributed by atoms with Crippen LogP contribution in [0.1, 0.15) is 38.8 Å². The molecular formula is C24H28N2O4. The molecule has 2 unspecified atom stereocenters. The van der Waals surface area contributed by atoms with Crippen LogP contribution >= 0.6 is 0 Å². The Morgan fingerprint density at radius 3 is 2.47 bits per heavy atom. The summed E-state index contributed by atoms with van der Waals surface area (Å²) in [4.78, 5) is 27.4. The minimum absolute atomic E-state index is 0.0566. The first-order valence-corrected chi connectivity index (χ1v) is 10.4. The number of anilines is 1. The maximum absolute atomic E-state index is 13.1. The largest absolute Gasteiger partial charge is 0.486 e. The molecule has 2 aliphatic rings. The average molecular weight is 408 g/mol. The van der Waals surface area contributed by atoms with Gasteiger partial charge in [0.25, 0.3) is 0 Å². The summed E-state index contributed by atoms with van der Waals surface area (Å²) >= 11 is 0. The molecule has 2 heterocycles. The fourth-order valence-corrected chi connectivity index (χ4v) is 4.04. The highest BCUT2D eigenvalue weighted by Gasteiger charge is 2.38. The van der Waals surface area contributed by atoms with Crippen molar-refractivity contribution in [3.8, 4) is 11.5 Å². The zero-order valence-electron chi connectivity index (χ0n) is 17.7. The zero-order chi connectivity index (χ0) is 21.3. The van der Waals surface area contributed by atoms with Gasteiger partial charge in [0, 0.05) is 24.7 Å². The Morgan fingerprint density at radius 2 is 1.77 bits per heavy atom. The molecule has 0 spiro atoms. The van der Waals surface area contributed by atoms with Gasteiger partial charge in [0.1, 0.15) is 13.2 Å². The number of fused-ring (bicyclic) bond motifs is 1. The van der Waals surface area contributed by atoms with E-state index in [0.29, 0.717) is 31.3 Å². The van der Waals surface area contributed by atoms with Crippen molar-refractivity contribution < 1.29 is 19.1 Å². The highest BCUT2D eigenvalue weighted by atomic mass is 16.6. The van der Waals surface area contributed by atoms with E-state index in [1.165, 1.54) is 0 Å². The van der Waals surface area contributed by atoms with E-state index in [9.17, 15) is 9.59 Å². The van der Waals surface area contributed by atoms with Crippen LogP contribution in [0.15, 0.2) is 48.5 Å². The van der Waals surface area contributed by atoms with Crippen LogP contribution < -0.4 is 19.7 Å². The molecule has 0 bridgehead atoms. The molecule has 6 nitrogen and oxygen atoms in total. The topological polar surface area (TPSA) is 67.9 Å². The van der Waals surface area contributed by atoms with Crippen molar-refractivity contribution in [1.82, 2.24) is 5.32 Å². The van der Waals surface area contributed by atoms with Gasteiger partial charge in [0.15, 0.2) is 11.5 Å². The summed E-state index contributed by atoms with van der Waals surface area (Å²) in [7, 11) is 0. The van der Waals surface area contributed by atoms with Gasteiger partial charge in [0.05, 0.1) is 12.0 Å². The van der Waals surface area contributed by atoms with E-state index in [-0.39, 0.29) is 35.6 Å². The summed E-state index contributed by atoms with van der Waals surface area (Å²) in [6.45, 7) is 7.68. The van der Waals surface area contributed by atoms with Gasteiger partial charge in [-0.25, -0.2) is 0 Å². The van der Waals surface area contributed by atoms with E-state index in [1.807, 2.05) is 48.5 Å². The molecule has 0 saturated carbocycles. The van der Waals surface area contributed by atoms with E-state index in [1.54, 1.807) is 4.90 Å². The Labute approximate surface area is 177 Å².